The summed E-state index contributed by atoms with van der Waals surface area (Å²) < 4.78 is 6.05. The highest BCUT2D eigenvalue weighted by atomic mass is 16.5. The third-order valence-electron chi connectivity index (χ3n) is 4.31. The summed E-state index contributed by atoms with van der Waals surface area (Å²) in [6.07, 6.45) is 3.87. The molecule has 118 valence electrons. The lowest BCUT2D eigenvalue weighted by atomic mass is 9.86. The van der Waals surface area contributed by atoms with Crippen LogP contribution in [0.25, 0.3) is 0 Å². The monoisotopic (exact) mass is 289 g/mol. The second-order valence-corrected chi connectivity index (χ2v) is 7.50. The van der Waals surface area contributed by atoms with Gasteiger partial charge in [-0.15, -0.1) is 0 Å². The van der Waals surface area contributed by atoms with Crippen LogP contribution < -0.4 is 4.74 Å². The third kappa shape index (κ3) is 5.03. The molecule has 21 heavy (non-hydrogen) atoms. The predicted octanol–water partition coefficient (Wildman–Crippen LogP) is 4.48. The largest absolute Gasteiger partial charge is 0.493 e. The minimum atomic E-state index is 0.138. The molecular formula is C19H31NO. The summed E-state index contributed by atoms with van der Waals surface area (Å²) in [6, 6.07) is 8.45. The molecule has 0 amide bonds. The van der Waals surface area contributed by atoms with Crippen LogP contribution in [0.3, 0.4) is 0 Å². The van der Waals surface area contributed by atoms with Gasteiger partial charge < -0.3 is 9.64 Å². The fourth-order valence-corrected chi connectivity index (χ4v) is 3.17. The third-order valence-corrected chi connectivity index (χ3v) is 4.31. The molecule has 1 aromatic rings. The molecule has 0 saturated carbocycles. The summed E-state index contributed by atoms with van der Waals surface area (Å²) in [5.41, 5.74) is 1.44. The topological polar surface area (TPSA) is 12.5 Å². The standard InChI is InChI=1S/C19H31NO/c1-16-9-7-12-20(15-16)13-8-14-21-18-11-6-5-10-17(18)19(2,3)4/h5-6,10-11,16H,7-9,12-15H2,1-4H3/t16-/m0/s1. The number of para-hydroxylation sites is 1. The minimum Gasteiger partial charge on any atom is -0.493 e. The van der Waals surface area contributed by atoms with E-state index in [4.69, 9.17) is 4.74 Å². The highest BCUT2D eigenvalue weighted by molar-refractivity contribution is 5.38. The Morgan fingerprint density at radius 1 is 1.24 bits per heavy atom. The molecule has 0 radical (unpaired) electrons. The fourth-order valence-electron chi connectivity index (χ4n) is 3.17. The van der Waals surface area contributed by atoms with Crippen molar-refractivity contribution in [3.8, 4) is 5.75 Å². The van der Waals surface area contributed by atoms with Crippen LogP contribution in [0.15, 0.2) is 24.3 Å². The van der Waals surface area contributed by atoms with Gasteiger partial charge >= 0.3 is 0 Å². The molecular weight excluding hydrogens is 258 g/mol. The van der Waals surface area contributed by atoms with E-state index in [0.29, 0.717) is 0 Å². The quantitative estimate of drug-likeness (QED) is 0.741. The molecule has 1 aromatic carbocycles. The van der Waals surface area contributed by atoms with Crippen molar-refractivity contribution < 1.29 is 4.74 Å². The van der Waals surface area contributed by atoms with E-state index in [9.17, 15) is 0 Å². The number of nitrogens with zero attached hydrogens (tertiary/aromatic N) is 1. The van der Waals surface area contributed by atoms with Gasteiger partial charge in [-0.1, -0.05) is 45.9 Å². The van der Waals surface area contributed by atoms with Crippen LogP contribution in [-0.4, -0.2) is 31.1 Å². The lowest BCUT2D eigenvalue weighted by Gasteiger charge is -2.30. The first-order valence-electron chi connectivity index (χ1n) is 8.41. The summed E-state index contributed by atoms with van der Waals surface area (Å²) >= 11 is 0. The second kappa shape index (κ2) is 7.31. The average Bonchev–Trinajstić information content (AvgIpc) is 2.43. The molecule has 1 heterocycles. The smallest absolute Gasteiger partial charge is 0.123 e. The van der Waals surface area contributed by atoms with Crippen LogP contribution >= 0.6 is 0 Å². The highest BCUT2D eigenvalue weighted by Gasteiger charge is 2.18. The van der Waals surface area contributed by atoms with Crippen molar-refractivity contribution in [3.05, 3.63) is 29.8 Å². The van der Waals surface area contributed by atoms with Crippen LogP contribution in [-0.2, 0) is 5.41 Å². The molecule has 1 fully saturated rings. The maximum atomic E-state index is 6.05. The number of hydrogen-bond donors (Lipinski definition) is 0. The summed E-state index contributed by atoms with van der Waals surface area (Å²) in [6.45, 7) is 13.6. The summed E-state index contributed by atoms with van der Waals surface area (Å²) in [4.78, 5) is 2.59. The van der Waals surface area contributed by atoms with Gasteiger partial charge in [0.15, 0.2) is 0 Å². The zero-order valence-electron chi connectivity index (χ0n) is 14.2. The lowest BCUT2D eigenvalue weighted by molar-refractivity contribution is 0.169. The first-order chi connectivity index (χ1) is 9.97. The van der Waals surface area contributed by atoms with Crippen molar-refractivity contribution in [2.24, 2.45) is 5.92 Å². The molecule has 2 nitrogen and oxygen atoms in total. The van der Waals surface area contributed by atoms with Crippen LogP contribution in [0, 0.1) is 5.92 Å². The molecule has 1 aliphatic heterocycles. The van der Waals surface area contributed by atoms with Crippen LogP contribution in [0.4, 0.5) is 0 Å². The van der Waals surface area contributed by atoms with Crippen LogP contribution in [0.2, 0.25) is 0 Å². The molecule has 0 unspecified atom stereocenters. The van der Waals surface area contributed by atoms with Gasteiger partial charge in [0, 0.05) is 13.1 Å². The van der Waals surface area contributed by atoms with E-state index < -0.39 is 0 Å². The van der Waals surface area contributed by atoms with Crippen molar-refractivity contribution in [2.45, 2.75) is 52.4 Å². The van der Waals surface area contributed by atoms with Crippen molar-refractivity contribution in [1.82, 2.24) is 4.90 Å². The summed E-state index contributed by atoms with van der Waals surface area (Å²) in [5, 5.41) is 0. The van der Waals surface area contributed by atoms with E-state index in [1.165, 1.54) is 38.0 Å². The fraction of sp³-hybridized carbons (Fsp3) is 0.684. The Hall–Kier alpha value is -1.02. The Kier molecular flexibility index (Phi) is 5.69. The zero-order valence-corrected chi connectivity index (χ0v) is 14.2. The van der Waals surface area contributed by atoms with E-state index in [-0.39, 0.29) is 5.41 Å². The van der Waals surface area contributed by atoms with Crippen molar-refractivity contribution in [2.75, 3.05) is 26.2 Å². The number of rotatable bonds is 5. The molecule has 0 N–H and O–H groups in total. The average molecular weight is 289 g/mol. The van der Waals surface area contributed by atoms with Crippen LogP contribution in [0.1, 0.15) is 52.5 Å². The first kappa shape index (κ1) is 16.4. The van der Waals surface area contributed by atoms with Gasteiger partial charge in [-0.25, -0.2) is 0 Å². The number of piperidine rings is 1. The van der Waals surface area contributed by atoms with Gasteiger partial charge in [0.1, 0.15) is 5.75 Å². The van der Waals surface area contributed by atoms with E-state index >= 15 is 0 Å². The minimum absolute atomic E-state index is 0.138. The normalized spacial score (nSPS) is 20.5. The molecule has 1 saturated heterocycles. The predicted molar refractivity (Wildman–Crippen MR) is 90.1 cm³/mol. The molecule has 0 bridgehead atoms. The summed E-state index contributed by atoms with van der Waals surface area (Å²) in [5.74, 6) is 1.92. The van der Waals surface area contributed by atoms with Crippen molar-refractivity contribution in [1.29, 1.82) is 0 Å². The number of hydrogen-bond acceptors (Lipinski definition) is 2. The molecule has 2 rings (SSSR count). The van der Waals surface area contributed by atoms with Gasteiger partial charge in [0.25, 0.3) is 0 Å². The van der Waals surface area contributed by atoms with Gasteiger partial charge in [0.2, 0.25) is 0 Å². The van der Waals surface area contributed by atoms with Crippen molar-refractivity contribution in [3.63, 3.8) is 0 Å². The maximum Gasteiger partial charge on any atom is 0.123 e. The maximum absolute atomic E-state index is 6.05. The number of ether oxygens (including phenoxy) is 1. The van der Waals surface area contributed by atoms with E-state index in [1.54, 1.807) is 0 Å². The van der Waals surface area contributed by atoms with Gasteiger partial charge in [0.05, 0.1) is 6.61 Å². The Balaban J connectivity index is 1.79. The molecule has 1 aliphatic rings. The van der Waals surface area contributed by atoms with Crippen LogP contribution in [0.5, 0.6) is 5.75 Å². The molecule has 0 spiro atoms. The Labute approximate surface area is 130 Å². The summed E-state index contributed by atoms with van der Waals surface area (Å²) in [7, 11) is 0. The van der Waals surface area contributed by atoms with E-state index in [1.807, 2.05) is 0 Å². The van der Waals surface area contributed by atoms with Gasteiger partial charge in [-0.05, 0) is 48.8 Å². The van der Waals surface area contributed by atoms with E-state index in [2.05, 4.69) is 56.9 Å². The van der Waals surface area contributed by atoms with Gasteiger partial charge in [-0.2, -0.15) is 0 Å². The van der Waals surface area contributed by atoms with Gasteiger partial charge in [-0.3, -0.25) is 0 Å². The van der Waals surface area contributed by atoms with Crippen molar-refractivity contribution >= 4 is 0 Å². The van der Waals surface area contributed by atoms with E-state index in [0.717, 1.165) is 24.7 Å². The molecule has 0 aliphatic carbocycles. The Bertz CT molecular complexity index is 435. The number of benzene rings is 1. The molecule has 2 heteroatoms. The Morgan fingerprint density at radius 2 is 2.00 bits per heavy atom. The highest BCUT2D eigenvalue weighted by Crippen LogP contribution is 2.30. The molecule has 0 aromatic heterocycles. The Morgan fingerprint density at radius 3 is 2.71 bits per heavy atom. The number of likely N-dealkylation sites (tertiary alicyclic amines) is 1. The zero-order chi connectivity index (χ0) is 15.3. The first-order valence-corrected chi connectivity index (χ1v) is 8.41. The molecule has 1 atom stereocenters. The SMILES string of the molecule is C[C@H]1CCCN(CCCOc2ccccc2C(C)(C)C)C1. The second-order valence-electron chi connectivity index (χ2n) is 7.50. The lowest BCUT2D eigenvalue weighted by Crippen LogP contribution is -2.35.